The molecule has 0 radical (unpaired) electrons. The second-order valence-electron chi connectivity index (χ2n) is 7.34. The maximum Gasteiger partial charge on any atom is 0.244 e. The van der Waals surface area contributed by atoms with Gasteiger partial charge >= 0.3 is 0 Å². The first-order valence-corrected chi connectivity index (χ1v) is 11.4. The summed E-state index contributed by atoms with van der Waals surface area (Å²) in [6.07, 6.45) is 1.86. The van der Waals surface area contributed by atoms with Gasteiger partial charge in [-0.25, -0.2) is 5.43 Å². The molecule has 7 heteroatoms. The summed E-state index contributed by atoms with van der Waals surface area (Å²) in [5, 5.41) is 4.77. The van der Waals surface area contributed by atoms with Crippen LogP contribution in [-0.4, -0.2) is 19.2 Å². The summed E-state index contributed by atoms with van der Waals surface area (Å²) in [6, 6.07) is 17.2. The molecule has 32 heavy (non-hydrogen) atoms. The van der Waals surface area contributed by atoms with Crippen molar-refractivity contribution in [2.24, 2.45) is 5.10 Å². The average molecular weight is 563 g/mol. The van der Waals surface area contributed by atoms with Gasteiger partial charge in [-0.1, -0.05) is 41.9 Å². The van der Waals surface area contributed by atoms with E-state index in [1.165, 1.54) is 11.1 Å². The zero-order valence-corrected chi connectivity index (χ0v) is 21.0. The fourth-order valence-corrected chi connectivity index (χ4v) is 3.91. The molecule has 3 aromatic carbocycles. The van der Waals surface area contributed by atoms with E-state index in [0.29, 0.717) is 23.1 Å². The lowest BCUT2D eigenvalue weighted by Gasteiger charge is -2.13. The Hall–Kier alpha value is -2.58. The molecule has 0 atom stereocenters. The van der Waals surface area contributed by atoms with Crippen molar-refractivity contribution in [3.05, 3.63) is 91.0 Å². The minimum Gasteiger partial charge on any atom is -0.493 e. The van der Waals surface area contributed by atoms with Gasteiger partial charge in [0.1, 0.15) is 6.61 Å². The van der Waals surface area contributed by atoms with Crippen LogP contribution in [0, 0.1) is 17.4 Å². The number of halogens is 2. The van der Waals surface area contributed by atoms with Gasteiger partial charge < -0.3 is 9.47 Å². The predicted octanol–water partition coefficient (Wildman–Crippen LogP) is 5.84. The van der Waals surface area contributed by atoms with Crippen LogP contribution in [0.3, 0.4) is 0 Å². The van der Waals surface area contributed by atoms with E-state index in [1.807, 2.05) is 68.4 Å². The topological polar surface area (TPSA) is 59.9 Å². The fourth-order valence-electron chi connectivity index (χ4n) is 3.01. The van der Waals surface area contributed by atoms with Crippen molar-refractivity contribution in [3.8, 4) is 11.5 Å². The third kappa shape index (κ3) is 6.71. The van der Waals surface area contributed by atoms with Crippen LogP contribution >= 0.6 is 34.2 Å². The number of nitrogens with one attached hydrogen (secondary N) is 1. The van der Waals surface area contributed by atoms with Gasteiger partial charge in [0.2, 0.25) is 5.91 Å². The van der Waals surface area contributed by atoms with E-state index in [2.05, 4.69) is 33.1 Å². The molecule has 0 aliphatic carbocycles. The summed E-state index contributed by atoms with van der Waals surface area (Å²) >= 11 is 8.13. The van der Waals surface area contributed by atoms with Crippen molar-refractivity contribution >= 4 is 46.3 Å². The van der Waals surface area contributed by atoms with E-state index in [0.717, 1.165) is 20.3 Å². The van der Waals surface area contributed by atoms with Crippen LogP contribution in [0.25, 0.3) is 0 Å². The molecular weight excluding hydrogens is 539 g/mol. The molecule has 0 saturated carbocycles. The quantitative estimate of drug-likeness (QED) is 0.213. The van der Waals surface area contributed by atoms with E-state index in [4.69, 9.17) is 21.1 Å². The zero-order valence-electron chi connectivity index (χ0n) is 18.1. The predicted molar refractivity (Wildman–Crippen MR) is 137 cm³/mol. The van der Waals surface area contributed by atoms with E-state index < -0.39 is 0 Å². The molecule has 166 valence electrons. The first kappa shape index (κ1) is 24.1. The van der Waals surface area contributed by atoms with E-state index >= 15 is 0 Å². The van der Waals surface area contributed by atoms with Gasteiger partial charge in [0.05, 0.1) is 23.3 Å². The molecule has 0 aliphatic heterocycles. The van der Waals surface area contributed by atoms with Crippen molar-refractivity contribution in [2.75, 3.05) is 7.11 Å². The van der Waals surface area contributed by atoms with Gasteiger partial charge in [-0.05, 0) is 88.5 Å². The normalized spacial score (nSPS) is 10.9. The zero-order chi connectivity index (χ0) is 23.1. The molecule has 0 saturated heterocycles. The number of hydrogen-bond donors (Lipinski definition) is 1. The first-order chi connectivity index (χ1) is 15.4. The standard InChI is InChI=1S/C25H24ClIN2O3/c1-16-4-5-19(10-17(16)2)13-24(30)29-28-14-20-11-22(27)25(23(12-20)31-3)32-15-18-6-8-21(26)9-7-18/h4-12,14H,13,15H2,1-3H3,(H,29,30)/b28-14+. The number of aryl methyl sites for hydroxylation is 2. The molecule has 0 heterocycles. The second-order valence-corrected chi connectivity index (χ2v) is 8.94. The minimum absolute atomic E-state index is 0.172. The summed E-state index contributed by atoms with van der Waals surface area (Å²) in [5.74, 6) is 1.07. The van der Waals surface area contributed by atoms with Crippen LogP contribution < -0.4 is 14.9 Å². The number of nitrogens with zero attached hydrogens (tertiary/aromatic N) is 1. The summed E-state index contributed by atoms with van der Waals surface area (Å²) in [7, 11) is 1.59. The van der Waals surface area contributed by atoms with Gasteiger partial charge in [-0.3, -0.25) is 4.79 Å². The first-order valence-electron chi connectivity index (χ1n) is 9.98. The average Bonchev–Trinajstić information content (AvgIpc) is 2.76. The number of benzene rings is 3. The molecule has 0 fully saturated rings. The van der Waals surface area contributed by atoms with Crippen LogP contribution in [-0.2, 0) is 17.8 Å². The lowest BCUT2D eigenvalue weighted by atomic mass is 10.0. The van der Waals surface area contributed by atoms with E-state index in [9.17, 15) is 4.79 Å². The highest BCUT2D eigenvalue weighted by atomic mass is 127. The van der Waals surface area contributed by atoms with Crippen LogP contribution in [0.15, 0.2) is 59.7 Å². The Labute approximate surface area is 206 Å². The minimum atomic E-state index is -0.172. The summed E-state index contributed by atoms with van der Waals surface area (Å²) < 4.78 is 12.4. The molecule has 0 aromatic heterocycles. The van der Waals surface area contributed by atoms with Crippen molar-refractivity contribution in [3.63, 3.8) is 0 Å². The molecule has 0 spiro atoms. The third-order valence-electron chi connectivity index (χ3n) is 4.89. The molecule has 0 unspecified atom stereocenters. The van der Waals surface area contributed by atoms with Crippen LogP contribution in [0.4, 0.5) is 0 Å². The van der Waals surface area contributed by atoms with Crippen LogP contribution in [0.5, 0.6) is 11.5 Å². The van der Waals surface area contributed by atoms with Gasteiger partial charge in [0.15, 0.2) is 11.5 Å². The third-order valence-corrected chi connectivity index (χ3v) is 5.94. The highest BCUT2D eigenvalue weighted by Gasteiger charge is 2.12. The van der Waals surface area contributed by atoms with Crippen molar-refractivity contribution < 1.29 is 14.3 Å². The molecule has 0 aliphatic rings. The van der Waals surface area contributed by atoms with Crippen molar-refractivity contribution in [1.82, 2.24) is 5.43 Å². The second kappa shape index (κ2) is 11.3. The Balaban J connectivity index is 1.62. The Kier molecular flexibility index (Phi) is 8.53. The smallest absolute Gasteiger partial charge is 0.244 e. The number of hydrogen-bond acceptors (Lipinski definition) is 4. The molecule has 3 aromatic rings. The Morgan fingerprint density at radius 2 is 1.78 bits per heavy atom. The van der Waals surface area contributed by atoms with Crippen molar-refractivity contribution in [1.29, 1.82) is 0 Å². The van der Waals surface area contributed by atoms with Crippen molar-refractivity contribution in [2.45, 2.75) is 26.9 Å². The van der Waals surface area contributed by atoms with Gasteiger partial charge in [-0.2, -0.15) is 5.10 Å². The lowest BCUT2D eigenvalue weighted by Crippen LogP contribution is -2.19. The molecule has 3 rings (SSSR count). The molecule has 1 N–H and O–H groups in total. The number of amides is 1. The summed E-state index contributed by atoms with van der Waals surface area (Å²) in [6.45, 7) is 4.48. The maximum absolute atomic E-state index is 12.2. The van der Waals surface area contributed by atoms with Crippen LogP contribution in [0.2, 0.25) is 5.02 Å². The Morgan fingerprint density at radius 1 is 1.06 bits per heavy atom. The highest BCUT2D eigenvalue weighted by Crippen LogP contribution is 2.34. The van der Waals surface area contributed by atoms with Gasteiger partial charge in [-0.15, -0.1) is 0 Å². The van der Waals surface area contributed by atoms with Crippen LogP contribution in [0.1, 0.15) is 27.8 Å². The molecular formula is C25H24ClIN2O3. The van der Waals surface area contributed by atoms with E-state index in [1.54, 1.807) is 13.3 Å². The Morgan fingerprint density at radius 3 is 2.47 bits per heavy atom. The largest absolute Gasteiger partial charge is 0.493 e. The maximum atomic E-state index is 12.2. The lowest BCUT2D eigenvalue weighted by molar-refractivity contribution is -0.120. The summed E-state index contributed by atoms with van der Waals surface area (Å²) in [5.41, 5.74) is 7.70. The molecule has 5 nitrogen and oxygen atoms in total. The SMILES string of the molecule is COc1cc(/C=N/NC(=O)Cc2ccc(C)c(C)c2)cc(I)c1OCc1ccc(Cl)cc1. The number of methoxy groups -OCH3 is 1. The number of carbonyl (C=O) groups is 1. The van der Waals surface area contributed by atoms with Gasteiger partial charge in [0.25, 0.3) is 0 Å². The van der Waals surface area contributed by atoms with Gasteiger partial charge in [0, 0.05) is 5.02 Å². The molecule has 0 bridgehead atoms. The number of rotatable bonds is 8. The fraction of sp³-hybridized carbons (Fsp3) is 0.200. The number of hydrazone groups is 1. The number of carbonyl (C=O) groups excluding carboxylic acids is 1. The van der Waals surface area contributed by atoms with E-state index in [-0.39, 0.29) is 12.3 Å². The molecule has 1 amide bonds. The number of ether oxygens (including phenoxy) is 2. The summed E-state index contributed by atoms with van der Waals surface area (Å²) in [4.78, 5) is 12.2. The monoisotopic (exact) mass is 562 g/mol. The highest BCUT2D eigenvalue weighted by molar-refractivity contribution is 14.1. The Bertz CT molecular complexity index is 1130.